The zero-order valence-electron chi connectivity index (χ0n) is 35.8. The van der Waals surface area contributed by atoms with Gasteiger partial charge < -0.3 is 69.3 Å². The number of carboxylic acid groups (broad SMARTS) is 1. The van der Waals surface area contributed by atoms with Gasteiger partial charge in [0.05, 0.1) is 12.7 Å². The number of unbranched alkanes of at least 4 members (excludes halogenated alkanes) is 1. The molecule has 0 radical (unpaired) electrons. The molecule has 1 rings (SSSR count). The van der Waals surface area contributed by atoms with Crippen LogP contribution in [0, 0.1) is 11.8 Å². The molecule has 0 bridgehead atoms. The molecule has 1 saturated heterocycles. The molecule has 62 heavy (non-hydrogen) atoms. The van der Waals surface area contributed by atoms with E-state index in [1.165, 1.54) is 13.8 Å². The highest BCUT2D eigenvalue weighted by atomic mass is 33.1. The fraction of sp³-hybridized carbons (Fsp3) is 0.730. The van der Waals surface area contributed by atoms with Crippen LogP contribution in [0.15, 0.2) is 0 Å². The van der Waals surface area contributed by atoms with Crippen LogP contribution in [0.5, 0.6) is 0 Å². The Morgan fingerprint density at radius 2 is 1.40 bits per heavy atom. The number of hydrogen-bond acceptors (Lipinski definition) is 15. The van der Waals surface area contributed by atoms with Crippen LogP contribution >= 0.6 is 21.6 Å². The maximum Gasteiger partial charge on any atom is 0.303 e. The lowest BCUT2D eigenvalue weighted by atomic mass is 9.97. The van der Waals surface area contributed by atoms with E-state index in [0.29, 0.717) is 19.3 Å². The van der Waals surface area contributed by atoms with E-state index in [1.807, 2.05) is 0 Å². The number of primary amides is 1. The second-order valence-corrected chi connectivity index (χ2v) is 17.7. The van der Waals surface area contributed by atoms with Gasteiger partial charge in [0.15, 0.2) is 0 Å². The van der Waals surface area contributed by atoms with Crippen LogP contribution in [0.3, 0.4) is 0 Å². The van der Waals surface area contributed by atoms with Crippen LogP contribution in [0.1, 0.15) is 80.1 Å². The first-order chi connectivity index (χ1) is 29.1. The number of aliphatic hydroxyl groups excluding tert-OH is 2. The van der Waals surface area contributed by atoms with E-state index in [-0.39, 0.29) is 36.8 Å². The predicted octanol–water partition coefficient (Wildman–Crippen LogP) is -4.17. The molecule has 15 N–H and O–H groups in total. The van der Waals surface area contributed by atoms with Gasteiger partial charge in [-0.1, -0.05) is 55.7 Å². The lowest BCUT2D eigenvalue weighted by molar-refractivity contribution is -0.138. The molecule has 23 nitrogen and oxygen atoms in total. The van der Waals surface area contributed by atoms with Crippen LogP contribution in [0.2, 0.25) is 0 Å². The van der Waals surface area contributed by atoms with E-state index in [9.17, 15) is 58.2 Å². The Labute approximate surface area is 368 Å². The summed E-state index contributed by atoms with van der Waals surface area (Å²) in [6, 6.07) is -11.5. The minimum absolute atomic E-state index is 0.0616. The lowest BCUT2D eigenvalue weighted by Gasteiger charge is -2.29. The van der Waals surface area contributed by atoms with Gasteiger partial charge in [-0.05, 0) is 51.0 Å². The summed E-state index contributed by atoms with van der Waals surface area (Å²) in [6.45, 7) is 8.37. The molecular weight excluding hydrogens is 857 g/mol. The van der Waals surface area contributed by atoms with E-state index in [2.05, 4.69) is 42.5 Å². The molecule has 0 aliphatic carbocycles. The highest BCUT2D eigenvalue weighted by Gasteiger charge is 2.37. The molecule has 0 spiro atoms. The number of aliphatic carboxylic acids is 1. The molecule has 1 fully saturated rings. The minimum Gasteiger partial charge on any atom is -0.481 e. The van der Waals surface area contributed by atoms with Crippen LogP contribution < -0.4 is 54.0 Å². The van der Waals surface area contributed by atoms with Crippen molar-refractivity contribution in [3.05, 3.63) is 0 Å². The van der Waals surface area contributed by atoms with E-state index >= 15 is 0 Å². The maximum absolute atomic E-state index is 13.9. The summed E-state index contributed by atoms with van der Waals surface area (Å²) in [4.78, 5) is 131. The van der Waals surface area contributed by atoms with Gasteiger partial charge in [0.2, 0.25) is 53.2 Å². The van der Waals surface area contributed by atoms with Crippen molar-refractivity contribution in [3.8, 4) is 0 Å². The molecule has 1 aliphatic heterocycles. The zero-order valence-corrected chi connectivity index (χ0v) is 37.5. The molecular formula is C37H64N10O13S2. The summed E-state index contributed by atoms with van der Waals surface area (Å²) in [5.74, 6) is -10.9. The molecule has 352 valence electrons. The fourth-order valence-corrected chi connectivity index (χ4v) is 8.13. The molecule has 10 atom stereocenters. The number of nitrogens with one attached hydrogen (secondary N) is 8. The average molecular weight is 921 g/mol. The third-order valence-corrected chi connectivity index (χ3v) is 12.1. The summed E-state index contributed by atoms with van der Waals surface area (Å²) < 4.78 is 0. The van der Waals surface area contributed by atoms with E-state index in [0.717, 1.165) is 21.6 Å². The number of amides is 9. The average Bonchev–Trinajstić information content (AvgIpc) is 3.20. The third-order valence-electron chi connectivity index (χ3n) is 9.68. The molecule has 0 unspecified atom stereocenters. The molecule has 0 aromatic heterocycles. The standard InChI is InChI=1S/C37H64N10O13S2/c1-7-18(4)28-36(59)45-24(33(56)41-21(30(39)53)11-12-26(51)52)15-61-62-16-25(34(57)47-29(19(5)49)37(60)43-23(14-48)32(55)46-28)44-31(54)22(10-8-9-13-38)42-35(58)27(17(2)3)40-20(6)50/h17-19,21-25,27-29,48-49H,7-16,38H2,1-6H3,(H2,39,53)(H,40,50)(H,41,56)(H,42,58)(H,43,60)(H,44,54)(H,45,59)(H,46,55)(H,47,57)(H,51,52)/t18-,19+,21-,22-,23-,24-,25-,27-,28-,29-/m0/s1. The third kappa shape index (κ3) is 19.1. The quantitative estimate of drug-likeness (QED) is 0.0407. The van der Waals surface area contributed by atoms with Crippen LogP contribution in [-0.2, 0) is 47.9 Å². The van der Waals surface area contributed by atoms with Crippen molar-refractivity contribution in [2.75, 3.05) is 24.7 Å². The summed E-state index contributed by atoms with van der Waals surface area (Å²) in [5.41, 5.74) is 11.1. The molecule has 0 aromatic rings. The molecule has 9 amide bonds. The molecule has 25 heteroatoms. The van der Waals surface area contributed by atoms with Gasteiger partial charge in [0.25, 0.3) is 0 Å². The number of rotatable bonds is 20. The molecule has 0 aromatic carbocycles. The van der Waals surface area contributed by atoms with Crippen LogP contribution in [-0.4, -0.2) is 154 Å². The van der Waals surface area contributed by atoms with Gasteiger partial charge in [0, 0.05) is 24.9 Å². The van der Waals surface area contributed by atoms with Crippen molar-refractivity contribution < 1.29 is 63.3 Å². The minimum atomic E-state index is -1.75. The summed E-state index contributed by atoms with van der Waals surface area (Å²) >= 11 is 0. The Hall–Kier alpha value is -4.72. The summed E-state index contributed by atoms with van der Waals surface area (Å²) in [5, 5.41) is 49.6. The van der Waals surface area contributed by atoms with Gasteiger partial charge in [-0.3, -0.25) is 47.9 Å². The first-order valence-corrected chi connectivity index (χ1v) is 22.7. The van der Waals surface area contributed by atoms with Crippen molar-refractivity contribution in [1.29, 1.82) is 0 Å². The van der Waals surface area contributed by atoms with Gasteiger partial charge in [-0.15, -0.1) is 0 Å². The normalized spacial score (nSPS) is 23.0. The summed E-state index contributed by atoms with van der Waals surface area (Å²) in [7, 11) is 1.84. The highest BCUT2D eigenvalue weighted by Crippen LogP contribution is 2.24. The van der Waals surface area contributed by atoms with Crippen LogP contribution in [0.25, 0.3) is 0 Å². The van der Waals surface area contributed by atoms with Crippen LogP contribution in [0.4, 0.5) is 0 Å². The second kappa shape index (κ2) is 28.1. The first-order valence-electron chi connectivity index (χ1n) is 20.2. The van der Waals surface area contributed by atoms with Gasteiger partial charge >= 0.3 is 5.97 Å². The van der Waals surface area contributed by atoms with Gasteiger partial charge in [0.1, 0.15) is 48.3 Å². The predicted molar refractivity (Wildman–Crippen MR) is 228 cm³/mol. The number of nitrogens with two attached hydrogens (primary N) is 2. The van der Waals surface area contributed by atoms with Crippen molar-refractivity contribution in [3.63, 3.8) is 0 Å². The highest BCUT2D eigenvalue weighted by molar-refractivity contribution is 8.76. The molecule has 1 aliphatic rings. The Morgan fingerprint density at radius 1 is 0.790 bits per heavy atom. The molecule has 0 saturated carbocycles. The Bertz CT molecular complexity index is 1590. The molecule has 1 heterocycles. The lowest BCUT2D eigenvalue weighted by Crippen LogP contribution is -2.63. The smallest absolute Gasteiger partial charge is 0.303 e. The SMILES string of the molecule is CC[C@H](C)[C@@H]1NC(=O)[C@H](CO)NC(=O)[C@H]([C@@H](C)O)NC(=O)[C@@H](NC(=O)[C@H](CCCCN)NC(=O)[C@@H](NC(C)=O)C(C)C)CSSC[C@@H](C(=O)N[C@@H](CCC(=O)O)C(N)=O)NC1=O. The summed E-state index contributed by atoms with van der Waals surface area (Å²) in [6.07, 6.45) is -1.28. The van der Waals surface area contributed by atoms with Crippen molar-refractivity contribution in [1.82, 2.24) is 42.5 Å². The monoisotopic (exact) mass is 920 g/mol. The van der Waals surface area contributed by atoms with Crippen molar-refractivity contribution in [2.45, 2.75) is 135 Å². The Morgan fingerprint density at radius 3 is 1.94 bits per heavy atom. The number of carboxylic acids is 1. The number of carbonyl (C=O) groups excluding carboxylic acids is 9. The number of carbonyl (C=O) groups is 10. The largest absolute Gasteiger partial charge is 0.481 e. The van der Waals surface area contributed by atoms with E-state index in [4.69, 9.17) is 16.6 Å². The van der Waals surface area contributed by atoms with Crippen molar-refractivity contribution >= 4 is 80.7 Å². The van der Waals surface area contributed by atoms with Gasteiger partial charge in [-0.2, -0.15) is 0 Å². The topological polar surface area (TPSA) is 380 Å². The Kier molecular flexibility index (Phi) is 25.0. The number of aliphatic hydroxyl groups is 2. The number of hydrogen-bond donors (Lipinski definition) is 13. The van der Waals surface area contributed by atoms with Gasteiger partial charge in [-0.25, -0.2) is 0 Å². The van der Waals surface area contributed by atoms with Crippen molar-refractivity contribution in [2.24, 2.45) is 23.3 Å². The Balaban J connectivity index is 3.73. The van der Waals surface area contributed by atoms with E-state index in [1.54, 1.807) is 27.7 Å². The first kappa shape index (κ1) is 55.3. The fourth-order valence-electron chi connectivity index (χ4n) is 5.81. The second-order valence-electron chi connectivity index (χ2n) is 15.2. The maximum atomic E-state index is 13.9. The van der Waals surface area contributed by atoms with E-state index < -0.39 is 133 Å². The zero-order chi connectivity index (χ0) is 47.3.